The fourth-order valence-electron chi connectivity index (χ4n) is 3.58. The zero-order chi connectivity index (χ0) is 17.8. The molecule has 2 aromatic carbocycles. The first-order chi connectivity index (χ1) is 12.2. The summed E-state index contributed by atoms with van der Waals surface area (Å²) in [6.45, 7) is 5.28. The molecule has 1 aromatic heterocycles. The molecule has 0 radical (unpaired) electrons. The Kier molecular flexibility index (Phi) is 5.29. The lowest BCUT2D eigenvalue weighted by Crippen LogP contribution is -2.16. The van der Waals surface area contributed by atoms with Crippen LogP contribution in [0.4, 0.5) is 0 Å². The molecule has 0 aliphatic rings. The first kappa shape index (κ1) is 17.4. The number of nitrogens with one attached hydrogen (secondary N) is 1. The SMILES string of the molecule is CCOc1c(CC(CN)c2c(C)[nH]c3ccccc23)cccc1OC. The first-order valence-electron chi connectivity index (χ1n) is 8.75. The summed E-state index contributed by atoms with van der Waals surface area (Å²) in [5.74, 6) is 1.80. The summed E-state index contributed by atoms with van der Waals surface area (Å²) in [7, 11) is 1.67. The molecule has 0 spiro atoms. The van der Waals surface area contributed by atoms with Crippen LogP contribution in [0.25, 0.3) is 10.9 Å². The molecule has 4 heteroatoms. The van der Waals surface area contributed by atoms with E-state index in [9.17, 15) is 0 Å². The minimum absolute atomic E-state index is 0.211. The molecule has 0 bridgehead atoms. The van der Waals surface area contributed by atoms with Crippen molar-refractivity contribution >= 4 is 10.9 Å². The largest absolute Gasteiger partial charge is 0.493 e. The second-order valence-electron chi connectivity index (χ2n) is 6.23. The highest BCUT2D eigenvalue weighted by molar-refractivity contribution is 5.85. The van der Waals surface area contributed by atoms with Gasteiger partial charge in [-0.05, 0) is 50.1 Å². The normalized spacial score (nSPS) is 12.3. The molecule has 0 amide bonds. The number of methoxy groups -OCH3 is 1. The minimum atomic E-state index is 0.211. The van der Waals surface area contributed by atoms with Crippen molar-refractivity contribution in [3.63, 3.8) is 0 Å². The summed E-state index contributed by atoms with van der Waals surface area (Å²) < 4.78 is 11.3. The third-order valence-electron chi connectivity index (χ3n) is 4.67. The van der Waals surface area contributed by atoms with Crippen molar-refractivity contribution in [2.24, 2.45) is 5.73 Å². The molecule has 3 aromatic rings. The number of para-hydroxylation sites is 2. The fourth-order valence-corrected chi connectivity index (χ4v) is 3.58. The first-order valence-corrected chi connectivity index (χ1v) is 8.75. The predicted molar refractivity (Wildman–Crippen MR) is 103 cm³/mol. The van der Waals surface area contributed by atoms with Crippen molar-refractivity contribution in [2.75, 3.05) is 20.3 Å². The highest BCUT2D eigenvalue weighted by Gasteiger charge is 2.21. The molecular formula is C21H26N2O2. The number of ether oxygens (including phenoxy) is 2. The van der Waals surface area contributed by atoms with Gasteiger partial charge in [-0.25, -0.2) is 0 Å². The van der Waals surface area contributed by atoms with Crippen molar-refractivity contribution in [2.45, 2.75) is 26.2 Å². The zero-order valence-corrected chi connectivity index (χ0v) is 15.1. The van der Waals surface area contributed by atoms with E-state index in [-0.39, 0.29) is 5.92 Å². The minimum Gasteiger partial charge on any atom is -0.493 e. The summed E-state index contributed by atoms with van der Waals surface area (Å²) in [5, 5.41) is 1.25. The lowest BCUT2D eigenvalue weighted by atomic mass is 9.89. The molecule has 1 atom stereocenters. The molecule has 3 rings (SSSR count). The summed E-state index contributed by atoms with van der Waals surface area (Å²) in [6, 6.07) is 14.4. The molecule has 132 valence electrons. The van der Waals surface area contributed by atoms with Gasteiger partial charge in [0.2, 0.25) is 0 Å². The van der Waals surface area contributed by atoms with E-state index in [4.69, 9.17) is 15.2 Å². The molecule has 1 unspecified atom stereocenters. The van der Waals surface area contributed by atoms with Crippen LogP contribution in [0.1, 0.15) is 29.7 Å². The average molecular weight is 338 g/mol. The summed E-state index contributed by atoms with van der Waals surface area (Å²) in [4.78, 5) is 3.48. The number of benzene rings is 2. The van der Waals surface area contributed by atoms with Crippen LogP contribution in [-0.4, -0.2) is 25.2 Å². The second kappa shape index (κ2) is 7.62. The van der Waals surface area contributed by atoms with Gasteiger partial charge in [0.15, 0.2) is 11.5 Å². The number of aromatic nitrogens is 1. The highest BCUT2D eigenvalue weighted by Crippen LogP contribution is 2.36. The Morgan fingerprint density at radius 1 is 1.12 bits per heavy atom. The summed E-state index contributed by atoms with van der Waals surface area (Å²) >= 11 is 0. The van der Waals surface area contributed by atoms with Crippen molar-refractivity contribution in [1.29, 1.82) is 0 Å². The second-order valence-corrected chi connectivity index (χ2v) is 6.23. The molecule has 0 aliphatic carbocycles. The van der Waals surface area contributed by atoms with Gasteiger partial charge in [-0.15, -0.1) is 0 Å². The van der Waals surface area contributed by atoms with Gasteiger partial charge >= 0.3 is 0 Å². The number of aromatic amines is 1. The Labute approximate surface area is 149 Å². The van der Waals surface area contributed by atoms with Crippen LogP contribution in [-0.2, 0) is 6.42 Å². The van der Waals surface area contributed by atoms with Crippen LogP contribution >= 0.6 is 0 Å². The molecule has 4 nitrogen and oxygen atoms in total. The lowest BCUT2D eigenvalue weighted by molar-refractivity contribution is 0.307. The Morgan fingerprint density at radius 2 is 1.92 bits per heavy atom. The van der Waals surface area contributed by atoms with Gasteiger partial charge in [0, 0.05) is 22.5 Å². The van der Waals surface area contributed by atoms with Crippen molar-refractivity contribution in [3.05, 3.63) is 59.3 Å². The predicted octanol–water partition coefficient (Wildman–Crippen LogP) is 4.17. The molecule has 1 heterocycles. The van der Waals surface area contributed by atoms with Gasteiger partial charge in [-0.3, -0.25) is 0 Å². The number of hydrogen-bond acceptors (Lipinski definition) is 3. The third-order valence-corrected chi connectivity index (χ3v) is 4.67. The molecule has 0 saturated heterocycles. The van der Waals surface area contributed by atoms with Crippen LogP contribution < -0.4 is 15.2 Å². The molecule has 25 heavy (non-hydrogen) atoms. The van der Waals surface area contributed by atoms with Crippen molar-refractivity contribution < 1.29 is 9.47 Å². The number of aryl methyl sites for hydroxylation is 1. The van der Waals surface area contributed by atoms with Crippen LogP contribution in [0.3, 0.4) is 0 Å². The Hall–Kier alpha value is -2.46. The van der Waals surface area contributed by atoms with Gasteiger partial charge in [0.05, 0.1) is 13.7 Å². The van der Waals surface area contributed by atoms with Gasteiger partial charge in [0.25, 0.3) is 0 Å². The summed E-state index contributed by atoms with van der Waals surface area (Å²) in [5.41, 5.74) is 10.9. The van der Waals surface area contributed by atoms with Gasteiger partial charge < -0.3 is 20.2 Å². The van der Waals surface area contributed by atoms with Crippen molar-refractivity contribution in [3.8, 4) is 11.5 Å². The van der Waals surface area contributed by atoms with Crippen LogP contribution in [0, 0.1) is 6.92 Å². The number of hydrogen-bond donors (Lipinski definition) is 2. The Balaban J connectivity index is 2.02. The van der Waals surface area contributed by atoms with Crippen molar-refractivity contribution in [1.82, 2.24) is 4.98 Å². The monoisotopic (exact) mass is 338 g/mol. The molecule has 0 saturated carbocycles. The zero-order valence-electron chi connectivity index (χ0n) is 15.1. The maximum Gasteiger partial charge on any atom is 0.164 e. The Bertz CT molecular complexity index is 854. The quantitative estimate of drug-likeness (QED) is 0.680. The number of nitrogens with two attached hydrogens (primary N) is 1. The van der Waals surface area contributed by atoms with E-state index < -0.39 is 0 Å². The molecule has 0 aliphatic heterocycles. The molecule has 3 N–H and O–H groups in total. The fraction of sp³-hybridized carbons (Fsp3) is 0.333. The summed E-state index contributed by atoms with van der Waals surface area (Å²) in [6.07, 6.45) is 0.811. The van der Waals surface area contributed by atoms with E-state index in [1.807, 2.05) is 19.1 Å². The van der Waals surface area contributed by atoms with E-state index in [2.05, 4.69) is 42.2 Å². The number of rotatable bonds is 7. The standard InChI is InChI=1S/C21H26N2O2/c1-4-25-21-15(8-7-11-19(21)24-3)12-16(13-22)20-14(2)23-18-10-6-5-9-17(18)20/h5-11,16,23H,4,12-13,22H2,1-3H3. The third kappa shape index (κ3) is 3.35. The van der Waals surface area contributed by atoms with Crippen LogP contribution in [0.5, 0.6) is 11.5 Å². The van der Waals surface area contributed by atoms with Gasteiger partial charge in [-0.1, -0.05) is 30.3 Å². The van der Waals surface area contributed by atoms with Crippen LogP contribution in [0.2, 0.25) is 0 Å². The van der Waals surface area contributed by atoms with E-state index in [0.717, 1.165) is 29.0 Å². The number of H-pyrrole nitrogens is 1. The van der Waals surface area contributed by atoms with Gasteiger partial charge in [0.1, 0.15) is 0 Å². The maximum atomic E-state index is 6.18. The highest BCUT2D eigenvalue weighted by atomic mass is 16.5. The number of fused-ring (bicyclic) bond motifs is 1. The van der Waals surface area contributed by atoms with E-state index in [1.54, 1.807) is 7.11 Å². The smallest absolute Gasteiger partial charge is 0.164 e. The maximum absolute atomic E-state index is 6.18. The van der Waals surface area contributed by atoms with E-state index in [1.165, 1.54) is 16.6 Å². The van der Waals surface area contributed by atoms with E-state index >= 15 is 0 Å². The topological polar surface area (TPSA) is 60.3 Å². The van der Waals surface area contributed by atoms with Gasteiger partial charge in [-0.2, -0.15) is 0 Å². The molecular weight excluding hydrogens is 312 g/mol. The van der Waals surface area contributed by atoms with E-state index in [0.29, 0.717) is 13.2 Å². The molecule has 0 fully saturated rings. The van der Waals surface area contributed by atoms with Crippen LogP contribution in [0.15, 0.2) is 42.5 Å². The average Bonchev–Trinajstić information content (AvgIpc) is 2.96. The Morgan fingerprint density at radius 3 is 2.64 bits per heavy atom. The lowest BCUT2D eigenvalue weighted by Gasteiger charge is -2.19.